The molecule has 0 radical (unpaired) electrons. The van der Waals surface area contributed by atoms with Crippen LogP contribution < -0.4 is 5.48 Å². The van der Waals surface area contributed by atoms with E-state index in [9.17, 15) is 4.79 Å². The Balaban J connectivity index is 1.92. The van der Waals surface area contributed by atoms with Crippen molar-refractivity contribution < 1.29 is 14.4 Å². The highest BCUT2D eigenvalue weighted by Crippen LogP contribution is 2.28. The minimum absolute atomic E-state index is 0.349. The molecule has 0 aliphatic carbocycles. The van der Waals surface area contributed by atoms with E-state index in [1.165, 1.54) is 5.56 Å². The minimum Gasteiger partial charge on any atom is -0.456 e. The number of furan rings is 1. The van der Waals surface area contributed by atoms with Crippen LogP contribution in [0.3, 0.4) is 0 Å². The summed E-state index contributed by atoms with van der Waals surface area (Å²) in [4.78, 5) is 13.6. The summed E-state index contributed by atoms with van der Waals surface area (Å²) in [7, 11) is 4.07. The Labute approximate surface area is 134 Å². The molecule has 0 bridgehead atoms. The van der Waals surface area contributed by atoms with Gasteiger partial charge in [0.15, 0.2) is 0 Å². The van der Waals surface area contributed by atoms with E-state index < -0.39 is 5.91 Å². The molecule has 23 heavy (non-hydrogen) atoms. The lowest BCUT2D eigenvalue weighted by Crippen LogP contribution is -2.18. The number of carbonyl (C=O) groups excluding carboxylic acids is 1. The standard InChI is InChI=1S/C18H18N2O3/c1-20(2)11-12-3-5-13(6-4-12)16-9-14-7-8-15(18(21)19-22)10-17(14)23-16/h3-10,22H,11H2,1-2H3,(H,19,21). The van der Waals surface area contributed by atoms with Crippen LogP contribution in [0.15, 0.2) is 52.9 Å². The molecule has 0 aliphatic rings. The predicted octanol–water partition coefficient (Wildman–Crippen LogP) is 3.28. The van der Waals surface area contributed by atoms with E-state index in [0.29, 0.717) is 11.1 Å². The van der Waals surface area contributed by atoms with Crippen molar-refractivity contribution in [2.45, 2.75) is 6.54 Å². The van der Waals surface area contributed by atoms with E-state index in [1.54, 1.807) is 23.7 Å². The first kappa shape index (κ1) is 15.3. The van der Waals surface area contributed by atoms with E-state index in [0.717, 1.165) is 23.3 Å². The van der Waals surface area contributed by atoms with Gasteiger partial charge >= 0.3 is 0 Å². The maximum Gasteiger partial charge on any atom is 0.274 e. The van der Waals surface area contributed by atoms with Crippen molar-refractivity contribution in [1.29, 1.82) is 0 Å². The summed E-state index contributed by atoms with van der Waals surface area (Å²) in [6.07, 6.45) is 0. The number of nitrogens with one attached hydrogen (secondary N) is 1. The highest BCUT2D eigenvalue weighted by Gasteiger charge is 2.10. The van der Waals surface area contributed by atoms with Crippen LogP contribution >= 0.6 is 0 Å². The molecule has 1 amide bonds. The second-order valence-corrected chi connectivity index (χ2v) is 5.74. The third-order valence-electron chi connectivity index (χ3n) is 3.62. The Hall–Kier alpha value is -2.63. The molecular weight excluding hydrogens is 292 g/mol. The zero-order chi connectivity index (χ0) is 16.4. The van der Waals surface area contributed by atoms with Crippen molar-refractivity contribution >= 4 is 16.9 Å². The summed E-state index contributed by atoms with van der Waals surface area (Å²) in [6, 6.07) is 15.2. The second-order valence-electron chi connectivity index (χ2n) is 5.74. The fraction of sp³-hybridized carbons (Fsp3) is 0.167. The average Bonchev–Trinajstić information content (AvgIpc) is 2.97. The molecular formula is C18H18N2O3. The van der Waals surface area contributed by atoms with Crippen molar-refractivity contribution in [3.8, 4) is 11.3 Å². The summed E-state index contributed by atoms with van der Waals surface area (Å²) in [5, 5.41) is 9.61. The SMILES string of the molecule is CN(C)Cc1ccc(-c2cc3ccc(C(=O)NO)cc3o2)cc1. The molecule has 5 nitrogen and oxygen atoms in total. The molecule has 1 aromatic heterocycles. The first-order valence-corrected chi connectivity index (χ1v) is 7.29. The van der Waals surface area contributed by atoms with Crippen LogP contribution in [0.1, 0.15) is 15.9 Å². The summed E-state index contributed by atoms with van der Waals surface area (Å²) >= 11 is 0. The molecule has 0 atom stereocenters. The third kappa shape index (κ3) is 3.26. The Morgan fingerprint density at radius 3 is 2.52 bits per heavy atom. The number of hydrogen-bond donors (Lipinski definition) is 2. The van der Waals surface area contributed by atoms with Crippen LogP contribution in [-0.4, -0.2) is 30.1 Å². The molecule has 0 unspecified atom stereocenters. The Morgan fingerprint density at radius 1 is 1.13 bits per heavy atom. The van der Waals surface area contributed by atoms with Gasteiger partial charge in [-0.05, 0) is 37.9 Å². The number of amides is 1. The lowest BCUT2D eigenvalue weighted by Gasteiger charge is -2.09. The van der Waals surface area contributed by atoms with Gasteiger partial charge in [-0.15, -0.1) is 0 Å². The smallest absolute Gasteiger partial charge is 0.274 e. The first-order chi connectivity index (χ1) is 11.1. The van der Waals surface area contributed by atoms with Gasteiger partial charge < -0.3 is 9.32 Å². The minimum atomic E-state index is -0.558. The number of benzene rings is 2. The molecule has 3 aromatic rings. The van der Waals surface area contributed by atoms with Gasteiger partial charge in [-0.25, -0.2) is 5.48 Å². The molecule has 1 heterocycles. The van der Waals surface area contributed by atoms with Crippen LogP contribution in [-0.2, 0) is 6.54 Å². The Morgan fingerprint density at radius 2 is 1.87 bits per heavy atom. The molecule has 5 heteroatoms. The molecule has 118 valence electrons. The fourth-order valence-electron chi connectivity index (χ4n) is 2.52. The second kappa shape index (κ2) is 6.24. The maximum atomic E-state index is 11.5. The van der Waals surface area contributed by atoms with Gasteiger partial charge in [0.05, 0.1) is 0 Å². The highest BCUT2D eigenvalue weighted by atomic mass is 16.5. The largest absolute Gasteiger partial charge is 0.456 e. The number of hydrogen-bond acceptors (Lipinski definition) is 4. The van der Waals surface area contributed by atoms with Crippen molar-refractivity contribution in [2.24, 2.45) is 0 Å². The summed E-state index contributed by atoms with van der Waals surface area (Å²) in [6.45, 7) is 0.889. The number of nitrogens with zero attached hydrogens (tertiary/aromatic N) is 1. The maximum absolute atomic E-state index is 11.5. The molecule has 3 rings (SSSR count). The normalized spacial score (nSPS) is 11.1. The van der Waals surface area contributed by atoms with E-state index >= 15 is 0 Å². The molecule has 0 saturated carbocycles. The van der Waals surface area contributed by atoms with Crippen molar-refractivity contribution in [1.82, 2.24) is 10.4 Å². The summed E-state index contributed by atoms with van der Waals surface area (Å²) < 4.78 is 5.84. The Kier molecular flexibility index (Phi) is 4.14. The Bertz CT molecular complexity index is 835. The zero-order valence-corrected chi connectivity index (χ0v) is 13.0. The monoisotopic (exact) mass is 310 g/mol. The van der Waals surface area contributed by atoms with E-state index in [2.05, 4.69) is 17.0 Å². The van der Waals surface area contributed by atoms with Crippen LogP contribution in [0.25, 0.3) is 22.3 Å². The van der Waals surface area contributed by atoms with Crippen LogP contribution in [0.2, 0.25) is 0 Å². The van der Waals surface area contributed by atoms with Crippen LogP contribution in [0.4, 0.5) is 0 Å². The quantitative estimate of drug-likeness (QED) is 0.573. The first-order valence-electron chi connectivity index (χ1n) is 7.29. The van der Waals surface area contributed by atoms with E-state index in [1.807, 2.05) is 32.3 Å². The number of rotatable bonds is 4. The number of hydroxylamine groups is 1. The molecule has 2 aromatic carbocycles. The topological polar surface area (TPSA) is 65.7 Å². The van der Waals surface area contributed by atoms with Crippen molar-refractivity contribution in [2.75, 3.05) is 14.1 Å². The van der Waals surface area contributed by atoms with Crippen molar-refractivity contribution in [3.63, 3.8) is 0 Å². The average molecular weight is 310 g/mol. The lowest BCUT2D eigenvalue weighted by atomic mass is 10.1. The molecule has 0 aliphatic heterocycles. The van der Waals surface area contributed by atoms with Gasteiger partial charge in [0.25, 0.3) is 5.91 Å². The van der Waals surface area contributed by atoms with Gasteiger partial charge in [-0.1, -0.05) is 30.3 Å². The van der Waals surface area contributed by atoms with Gasteiger partial charge in [0, 0.05) is 23.1 Å². The number of carbonyl (C=O) groups is 1. The number of fused-ring (bicyclic) bond motifs is 1. The van der Waals surface area contributed by atoms with Gasteiger partial charge in [0.2, 0.25) is 0 Å². The zero-order valence-electron chi connectivity index (χ0n) is 13.0. The van der Waals surface area contributed by atoms with Crippen LogP contribution in [0, 0.1) is 0 Å². The van der Waals surface area contributed by atoms with E-state index in [-0.39, 0.29) is 0 Å². The van der Waals surface area contributed by atoms with E-state index in [4.69, 9.17) is 9.62 Å². The van der Waals surface area contributed by atoms with Crippen LogP contribution in [0.5, 0.6) is 0 Å². The lowest BCUT2D eigenvalue weighted by molar-refractivity contribution is 0.0706. The molecule has 0 saturated heterocycles. The summed E-state index contributed by atoms with van der Waals surface area (Å²) in [5.74, 6) is 0.191. The highest BCUT2D eigenvalue weighted by molar-refractivity contribution is 5.97. The van der Waals surface area contributed by atoms with Gasteiger partial charge in [-0.2, -0.15) is 0 Å². The van der Waals surface area contributed by atoms with Gasteiger partial charge in [0.1, 0.15) is 11.3 Å². The third-order valence-corrected chi connectivity index (χ3v) is 3.62. The fourth-order valence-corrected chi connectivity index (χ4v) is 2.52. The predicted molar refractivity (Wildman–Crippen MR) is 88.3 cm³/mol. The van der Waals surface area contributed by atoms with Crippen molar-refractivity contribution in [3.05, 3.63) is 59.7 Å². The molecule has 2 N–H and O–H groups in total. The van der Waals surface area contributed by atoms with Gasteiger partial charge in [-0.3, -0.25) is 10.0 Å². The molecule has 0 fully saturated rings. The summed E-state index contributed by atoms with van der Waals surface area (Å²) in [5.41, 5.74) is 4.80. The molecule has 0 spiro atoms.